The van der Waals surface area contributed by atoms with Gasteiger partial charge in [-0.15, -0.1) is 0 Å². The van der Waals surface area contributed by atoms with Crippen LogP contribution in [0.15, 0.2) is 24.3 Å². The van der Waals surface area contributed by atoms with Crippen LogP contribution in [-0.4, -0.2) is 38.5 Å². The standard InChI is InChI=1S/C14H20ClN3O2/c1-16-8-4-7-13(19)17-9-10-18-14(20)11-5-2-3-6-12(11)15/h2-3,5-6,16H,4,7-10H2,1H3,(H,17,19)(H,18,20). The second-order valence-electron chi connectivity index (χ2n) is 4.29. The first-order valence-electron chi connectivity index (χ1n) is 6.59. The minimum absolute atomic E-state index is 0.00718. The zero-order chi connectivity index (χ0) is 14.8. The number of carbonyl (C=O) groups is 2. The van der Waals surface area contributed by atoms with Gasteiger partial charge >= 0.3 is 0 Å². The van der Waals surface area contributed by atoms with Crippen molar-refractivity contribution in [2.45, 2.75) is 12.8 Å². The van der Waals surface area contributed by atoms with Gasteiger partial charge < -0.3 is 16.0 Å². The number of rotatable bonds is 8. The zero-order valence-electron chi connectivity index (χ0n) is 11.5. The van der Waals surface area contributed by atoms with Gasteiger partial charge in [-0.3, -0.25) is 9.59 Å². The Bertz CT molecular complexity index is 452. The molecule has 0 bridgehead atoms. The van der Waals surface area contributed by atoms with E-state index in [1.165, 1.54) is 0 Å². The molecule has 3 N–H and O–H groups in total. The van der Waals surface area contributed by atoms with E-state index in [9.17, 15) is 9.59 Å². The molecule has 0 saturated carbocycles. The van der Waals surface area contributed by atoms with Crippen LogP contribution in [0.1, 0.15) is 23.2 Å². The summed E-state index contributed by atoms with van der Waals surface area (Å²) in [6.07, 6.45) is 1.29. The number of amides is 2. The molecule has 0 aliphatic heterocycles. The summed E-state index contributed by atoms with van der Waals surface area (Å²) >= 11 is 5.92. The van der Waals surface area contributed by atoms with E-state index < -0.39 is 0 Å². The number of benzene rings is 1. The molecule has 0 heterocycles. The van der Waals surface area contributed by atoms with Crippen molar-refractivity contribution in [3.8, 4) is 0 Å². The maximum atomic E-state index is 11.8. The third kappa shape index (κ3) is 6.04. The first kappa shape index (κ1) is 16.5. The number of nitrogens with one attached hydrogen (secondary N) is 3. The molecule has 0 atom stereocenters. The molecule has 1 aromatic rings. The SMILES string of the molecule is CNCCCC(=O)NCCNC(=O)c1ccccc1Cl. The van der Waals surface area contributed by atoms with E-state index in [-0.39, 0.29) is 11.8 Å². The van der Waals surface area contributed by atoms with Gasteiger partial charge in [0.05, 0.1) is 10.6 Å². The molecule has 5 nitrogen and oxygen atoms in total. The number of halogens is 1. The molecule has 0 fully saturated rings. The van der Waals surface area contributed by atoms with E-state index in [2.05, 4.69) is 16.0 Å². The molecule has 0 radical (unpaired) electrons. The topological polar surface area (TPSA) is 70.2 Å². The van der Waals surface area contributed by atoms with E-state index in [4.69, 9.17) is 11.6 Å². The molecule has 0 saturated heterocycles. The smallest absolute Gasteiger partial charge is 0.252 e. The maximum Gasteiger partial charge on any atom is 0.252 e. The summed E-state index contributed by atoms with van der Waals surface area (Å²) in [5, 5.41) is 8.86. The highest BCUT2D eigenvalue weighted by Crippen LogP contribution is 2.14. The molecule has 0 unspecified atom stereocenters. The van der Waals surface area contributed by atoms with Crippen LogP contribution in [0.4, 0.5) is 0 Å². The van der Waals surface area contributed by atoms with E-state index in [1.54, 1.807) is 24.3 Å². The molecule has 1 rings (SSSR count). The first-order valence-corrected chi connectivity index (χ1v) is 6.97. The Morgan fingerprint density at radius 2 is 1.80 bits per heavy atom. The minimum Gasteiger partial charge on any atom is -0.354 e. The lowest BCUT2D eigenvalue weighted by Crippen LogP contribution is -2.34. The van der Waals surface area contributed by atoms with E-state index in [0.29, 0.717) is 30.1 Å². The predicted molar refractivity (Wildman–Crippen MR) is 80.0 cm³/mol. The van der Waals surface area contributed by atoms with Crippen LogP contribution in [0.2, 0.25) is 5.02 Å². The quantitative estimate of drug-likeness (QED) is 0.631. The molecule has 110 valence electrons. The second kappa shape index (κ2) is 9.34. The van der Waals surface area contributed by atoms with Gasteiger partial charge in [0.25, 0.3) is 5.91 Å². The van der Waals surface area contributed by atoms with Crippen molar-refractivity contribution in [2.24, 2.45) is 0 Å². The van der Waals surface area contributed by atoms with Crippen LogP contribution in [0.3, 0.4) is 0 Å². The van der Waals surface area contributed by atoms with Crippen LogP contribution in [0, 0.1) is 0 Å². The highest BCUT2D eigenvalue weighted by molar-refractivity contribution is 6.33. The van der Waals surface area contributed by atoms with Crippen molar-refractivity contribution in [2.75, 3.05) is 26.7 Å². The molecule has 6 heteroatoms. The highest BCUT2D eigenvalue weighted by Gasteiger charge is 2.08. The van der Waals surface area contributed by atoms with Gasteiger partial charge in [-0.05, 0) is 32.1 Å². The second-order valence-corrected chi connectivity index (χ2v) is 4.70. The van der Waals surface area contributed by atoms with Gasteiger partial charge in [0, 0.05) is 19.5 Å². The van der Waals surface area contributed by atoms with E-state index in [1.807, 2.05) is 7.05 Å². The van der Waals surface area contributed by atoms with Gasteiger partial charge in [-0.2, -0.15) is 0 Å². The number of carbonyl (C=O) groups excluding carboxylic acids is 2. The average Bonchev–Trinajstić information content (AvgIpc) is 2.44. The van der Waals surface area contributed by atoms with E-state index >= 15 is 0 Å². The van der Waals surface area contributed by atoms with Crippen molar-refractivity contribution in [3.63, 3.8) is 0 Å². The fourth-order valence-corrected chi connectivity index (χ4v) is 1.85. The summed E-state index contributed by atoms with van der Waals surface area (Å²) in [5.41, 5.74) is 0.439. The molecular weight excluding hydrogens is 278 g/mol. The molecule has 0 aromatic heterocycles. The summed E-state index contributed by atoms with van der Waals surface area (Å²) in [4.78, 5) is 23.2. The Hall–Kier alpha value is -1.59. The maximum absolute atomic E-state index is 11.8. The fourth-order valence-electron chi connectivity index (χ4n) is 1.63. The van der Waals surface area contributed by atoms with Crippen LogP contribution in [0.25, 0.3) is 0 Å². The molecule has 0 aliphatic rings. The van der Waals surface area contributed by atoms with Gasteiger partial charge in [0.1, 0.15) is 0 Å². The van der Waals surface area contributed by atoms with Crippen molar-refractivity contribution < 1.29 is 9.59 Å². The van der Waals surface area contributed by atoms with Gasteiger partial charge in [0.2, 0.25) is 5.91 Å². The molecule has 20 heavy (non-hydrogen) atoms. The summed E-state index contributed by atoms with van der Waals surface area (Å²) in [6, 6.07) is 6.85. The predicted octanol–water partition coefficient (Wildman–Crippen LogP) is 1.19. The van der Waals surface area contributed by atoms with Crippen molar-refractivity contribution in [1.29, 1.82) is 0 Å². The Balaban J connectivity index is 2.20. The normalized spacial score (nSPS) is 10.1. The average molecular weight is 298 g/mol. The minimum atomic E-state index is -0.236. The number of hydrogen-bond acceptors (Lipinski definition) is 3. The lowest BCUT2D eigenvalue weighted by molar-refractivity contribution is -0.121. The van der Waals surface area contributed by atoms with Crippen LogP contribution < -0.4 is 16.0 Å². The molecular formula is C14H20ClN3O2. The monoisotopic (exact) mass is 297 g/mol. The van der Waals surface area contributed by atoms with Crippen LogP contribution in [-0.2, 0) is 4.79 Å². The van der Waals surface area contributed by atoms with Gasteiger partial charge in [0.15, 0.2) is 0 Å². The Labute approximate surface area is 124 Å². The third-order valence-electron chi connectivity index (χ3n) is 2.68. The lowest BCUT2D eigenvalue weighted by atomic mass is 10.2. The Morgan fingerprint density at radius 3 is 2.50 bits per heavy atom. The fraction of sp³-hybridized carbons (Fsp3) is 0.429. The summed E-state index contributed by atoms with van der Waals surface area (Å²) < 4.78 is 0. The molecule has 0 spiro atoms. The van der Waals surface area contributed by atoms with Gasteiger partial charge in [-0.1, -0.05) is 23.7 Å². The Kier molecular flexibility index (Phi) is 7.69. The van der Waals surface area contributed by atoms with E-state index in [0.717, 1.165) is 13.0 Å². The van der Waals surface area contributed by atoms with Crippen molar-refractivity contribution >= 4 is 23.4 Å². The first-order chi connectivity index (χ1) is 9.65. The third-order valence-corrected chi connectivity index (χ3v) is 3.01. The zero-order valence-corrected chi connectivity index (χ0v) is 12.3. The molecule has 0 aliphatic carbocycles. The van der Waals surface area contributed by atoms with Crippen molar-refractivity contribution in [1.82, 2.24) is 16.0 Å². The summed E-state index contributed by atoms with van der Waals surface area (Å²) in [7, 11) is 1.85. The van der Waals surface area contributed by atoms with Crippen molar-refractivity contribution in [3.05, 3.63) is 34.9 Å². The Morgan fingerprint density at radius 1 is 1.10 bits per heavy atom. The molecule has 2 amide bonds. The summed E-state index contributed by atoms with van der Waals surface area (Å²) in [6.45, 7) is 1.60. The lowest BCUT2D eigenvalue weighted by Gasteiger charge is -2.08. The molecule has 1 aromatic carbocycles. The largest absolute Gasteiger partial charge is 0.354 e. The summed E-state index contributed by atoms with van der Waals surface area (Å²) in [5.74, 6) is -0.243. The number of hydrogen-bond donors (Lipinski definition) is 3. The van der Waals surface area contributed by atoms with Gasteiger partial charge in [-0.25, -0.2) is 0 Å². The van der Waals surface area contributed by atoms with Crippen LogP contribution >= 0.6 is 11.6 Å². The van der Waals surface area contributed by atoms with Crippen LogP contribution in [0.5, 0.6) is 0 Å². The highest BCUT2D eigenvalue weighted by atomic mass is 35.5.